The number of amides is 2. The van der Waals surface area contributed by atoms with Crippen molar-refractivity contribution in [2.75, 3.05) is 19.0 Å². The summed E-state index contributed by atoms with van der Waals surface area (Å²) in [5.74, 6) is -0.200. The van der Waals surface area contributed by atoms with E-state index >= 15 is 0 Å². The van der Waals surface area contributed by atoms with Crippen molar-refractivity contribution in [3.63, 3.8) is 0 Å². The lowest BCUT2D eigenvalue weighted by atomic mass is 9.98. The highest BCUT2D eigenvalue weighted by atomic mass is 32.2. The number of hydrogen-bond donors (Lipinski definition) is 2. The lowest BCUT2D eigenvalue weighted by Crippen LogP contribution is -2.32. The minimum Gasteiger partial charge on any atom is -0.474 e. The van der Waals surface area contributed by atoms with E-state index in [4.69, 9.17) is 14.6 Å². The van der Waals surface area contributed by atoms with E-state index in [2.05, 4.69) is 14.8 Å². The third-order valence-electron chi connectivity index (χ3n) is 6.21. The van der Waals surface area contributed by atoms with Gasteiger partial charge in [0.15, 0.2) is 9.92 Å². The number of alkyl halides is 1. The Bertz CT molecular complexity index is 1240. The molecule has 9 nitrogen and oxygen atoms in total. The monoisotopic (exact) mass is 467 g/mol. The molecule has 1 aliphatic heterocycles. The summed E-state index contributed by atoms with van der Waals surface area (Å²) in [5, 5.41) is 12.6. The Labute approximate surface area is 183 Å². The Kier molecular flexibility index (Phi) is 5.18. The lowest BCUT2D eigenvalue weighted by molar-refractivity contribution is 0.0165. The average molecular weight is 467 g/mol. The summed E-state index contributed by atoms with van der Waals surface area (Å²) in [6.45, 7) is 0.598. The zero-order chi connectivity index (χ0) is 22.6. The maximum absolute atomic E-state index is 14.8. The average Bonchev–Trinajstić information content (AvgIpc) is 3.48. The molecule has 0 spiro atoms. The molecule has 2 amide bonds. The number of fused-ring (bicyclic) bond motifs is 3. The van der Waals surface area contributed by atoms with Crippen LogP contribution >= 0.6 is 0 Å². The van der Waals surface area contributed by atoms with Gasteiger partial charge in [-0.3, -0.25) is 0 Å². The molecule has 2 aromatic rings. The van der Waals surface area contributed by atoms with Gasteiger partial charge in [-0.1, -0.05) is 0 Å². The number of hydrogen-bond acceptors (Lipinski definition) is 5. The summed E-state index contributed by atoms with van der Waals surface area (Å²) in [6, 6.07) is -0.951. The van der Waals surface area contributed by atoms with Crippen molar-refractivity contribution in [2.45, 2.75) is 55.8 Å². The highest BCUT2D eigenvalue weighted by Gasteiger charge is 2.34. The van der Waals surface area contributed by atoms with Crippen molar-refractivity contribution in [2.24, 2.45) is 9.50 Å². The van der Waals surface area contributed by atoms with Gasteiger partial charge >= 0.3 is 6.03 Å². The predicted molar refractivity (Wildman–Crippen MR) is 111 cm³/mol. The van der Waals surface area contributed by atoms with Gasteiger partial charge in [-0.25, -0.2) is 27.6 Å². The van der Waals surface area contributed by atoms with E-state index in [0.717, 1.165) is 6.42 Å². The second-order valence-corrected chi connectivity index (χ2v) is 9.98. The number of nitrogens with one attached hydrogen (secondary N) is 1. The van der Waals surface area contributed by atoms with Crippen molar-refractivity contribution < 1.29 is 27.3 Å². The van der Waals surface area contributed by atoms with Gasteiger partial charge in [0.1, 0.15) is 29.6 Å². The molecular formula is C20H23F2N5O4S. The van der Waals surface area contributed by atoms with E-state index in [-0.39, 0.29) is 42.1 Å². The van der Waals surface area contributed by atoms with Gasteiger partial charge in [0.25, 0.3) is 0 Å². The molecule has 172 valence electrons. The van der Waals surface area contributed by atoms with E-state index in [1.807, 2.05) is 0 Å². The molecule has 0 unspecified atom stereocenters. The number of rotatable bonds is 3. The molecule has 1 aromatic heterocycles. The standard InChI is InChI=1S/C20H23F2N5O4S/c1-30-11-8-27-19(31-9-11)16(7-24-27)32(23,29)26-20(28)25-18-13-4-2-3-12(13)17(22)14-5-10(21)6-15(14)18/h7,10-11H,2-6,8-9H2,1H3,(H3,23,25,26,28,29)/t10-,11+,32+/m1/s1. The van der Waals surface area contributed by atoms with Crippen LogP contribution in [0.5, 0.6) is 5.88 Å². The predicted octanol–water partition coefficient (Wildman–Crippen LogP) is 2.29. The van der Waals surface area contributed by atoms with Crippen molar-refractivity contribution >= 4 is 21.6 Å². The molecule has 32 heavy (non-hydrogen) atoms. The third-order valence-corrected chi connectivity index (χ3v) is 7.56. The number of anilines is 1. The first-order valence-electron chi connectivity index (χ1n) is 10.3. The molecular weight excluding hydrogens is 444 g/mol. The normalized spacial score (nSPS) is 23.0. The number of benzene rings is 1. The fourth-order valence-corrected chi connectivity index (χ4v) is 5.71. The van der Waals surface area contributed by atoms with Gasteiger partial charge in [-0.2, -0.15) is 5.10 Å². The molecule has 12 heteroatoms. The van der Waals surface area contributed by atoms with E-state index < -0.39 is 22.1 Å². The van der Waals surface area contributed by atoms with Crippen LogP contribution in [0.15, 0.2) is 15.5 Å². The number of nitrogens with two attached hydrogens (primary N) is 1. The number of aromatic nitrogens is 2. The second kappa shape index (κ2) is 7.78. The Morgan fingerprint density at radius 3 is 2.88 bits per heavy atom. The highest BCUT2D eigenvalue weighted by molar-refractivity contribution is 7.91. The Hall–Kier alpha value is -2.57. The topological polar surface area (TPSA) is 121 Å². The summed E-state index contributed by atoms with van der Waals surface area (Å²) in [5.41, 5.74) is 2.27. The van der Waals surface area contributed by atoms with E-state index in [1.54, 1.807) is 7.11 Å². The lowest BCUT2D eigenvalue weighted by Gasteiger charge is -2.23. The Morgan fingerprint density at radius 1 is 1.34 bits per heavy atom. The van der Waals surface area contributed by atoms with Crippen LogP contribution < -0.4 is 15.2 Å². The summed E-state index contributed by atoms with van der Waals surface area (Å²) in [7, 11) is -2.14. The quantitative estimate of drug-likeness (QED) is 0.718. The van der Waals surface area contributed by atoms with Crippen molar-refractivity contribution in [3.8, 4) is 5.88 Å². The van der Waals surface area contributed by atoms with Gasteiger partial charge in [-0.05, 0) is 41.5 Å². The molecule has 3 atom stereocenters. The first-order valence-corrected chi connectivity index (χ1v) is 11.9. The van der Waals surface area contributed by atoms with Crippen LogP contribution in [0.4, 0.5) is 19.3 Å². The van der Waals surface area contributed by atoms with Gasteiger partial charge in [0.05, 0.1) is 12.7 Å². The molecule has 1 aromatic carbocycles. The molecule has 5 rings (SSSR count). The minimum absolute atomic E-state index is 0.000546. The maximum Gasteiger partial charge on any atom is 0.354 e. The summed E-state index contributed by atoms with van der Waals surface area (Å²) < 4.78 is 58.0. The van der Waals surface area contributed by atoms with E-state index in [0.29, 0.717) is 47.3 Å². The molecule has 0 radical (unpaired) electrons. The fourth-order valence-electron chi connectivity index (χ4n) is 4.71. The molecule has 0 bridgehead atoms. The van der Waals surface area contributed by atoms with Crippen molar-refractivity contribution in [1.29, 1.82) is 0 Å². The molecule has 2 aliphatic carbocycles. The number of halogens is 2. The number of methoxy groups -OCH3 is 1. The van der Waals surface area contributed by atoms with Gasteiger partial charge in [0, 0.05) is 25.6 Å². The zero-order valence-corrected chi connectivity index (χ0v) is 18.2. The highest BCUT2D eigenvalue weighted by Crippen LogP contribution is 2.41. The number of carbonyl (C=O) groups is 1. The Balaban J connectivity index is 1.47. The van der Waals surface area contributed by atoms with Crippen molar-refractivity contribution in [1.82, 2.24) is 9.78 Å². The Morgan fingerprint density at radius 2 is 2.09 bits per heavy atom. The van der Waals surface area contributed by atoms with Gasteiger partial charge in [-0.15, -0.1) is 4.36 Å². The summed E-state index contributed by atoms with van der Waals surface area (Å²) in [4.78, 5) is 12.7. The summed E-state index contributed by atoms with van der Waals surface area (Å²) >= 11 is 0. The minimum atomic E-state index is -3.68. The summed E-state index contributed by atoms with van der Waals surface area (Å²) in [6.07, 6.45) is 1.66. The largest absolute Gasteiger partial charge is 0.474 e. The first-order chi connectivity index (χ1) is 15.3. The number of nitrogens with zero attached hydrogens (tertiary/aromatic N) is 3. The SMILES string of the molecule is CO[C@@H]1COc2c([S@@](N)(=O)=NC(=O)Nc3c4c(c(F)c5c3C[C@H](F)C5)CCC4)cnn2C1. The molecule has 3 N–H and O–H groups in total. The van der Waals surface area contributed by atoms with Gasteiger partial charge < -0.3 is 14.8 Å². The van der Waals surface area contributed by atoms with Crippen molar-refractivity contribution in [3.05, 3.63) is 34.3 Å². The molecule has 0 saturated carbocycles. The van der Waals surface area contributed by atoms with Crippen LogP contribution in [0.3, 0.4) is 0 Å². The van der Waals surface area contributed by atoms with Gasteiger partial charge in [0.2, 0.25) is 5.88 Å². The molecule has 0 fully saturated rings. The number of urea groups is 1. The van der Waals surface area contributed by atoms with Crippen LogP contribution in [0.1, 0.15) is 28.7 Å². The van der Waals surface area contributed by atoms with Crippen LogP contribution in [0.25, 0.3) is 0 Å². The van der Waals surface area contributed by atoms with Crippen LogP contribution in [0, 0.1) is 5.82 Å². The van der Waals surface area contributed by atoms with Crippen LogP contribution in [-0.2, 0) is 46.9 Å². The van der Waals surface area contributed by atoms with Crippen LogP contribution in [-0.4, -0.2) is 46.0 Å². The molecule has 0 saturated heterocycles. The second-order valence-electron chi connectivity index (χ2n) is 8.22. The van der Waals surface area contributed by atoms with Crippen LogP contribution in [0.2, 0.25) is 0 Å². The first kappa shape index (κ1) is 21.3. The maximum atomic E-state index is 14.8. The molecule has 2 heterocycles. The smallest absolute Gasteiger partial charge is 0.354 e. The number of ether oxygens (including phenoxy) is 2. The number of carbonyl (C=O) groups excluding carboxylic acids is 1. The van der Waals surface area contributed by atoms with E-state index in [1.165, 1.54) is 10.9 Å². The van der Waals surface area contributed by atoms with E-state index in [9.17, 15) is 17.8 Å². The molecule has 3 aliphatic rings. The fraction of sp³-hybridized carbons (Fsp3) is 0.500. The third kappa shape index (κ3) is 3.46. The zero-order valence-electron chi connectivity index (χ0n) is 17.4.